The lowest BCUT2D eigenvalue weighted by Gasteiger charge is -2.25. The smallest absolute Gasteiger partial charge is 0.329 e. The largest absolute Gasteiger partial charge is 0.480 e. The predicted molar refractivity (Wildman–Crippen MR) is 42.9 cm³/mol. The van der Waals surface area contributed by atoms with Gasteiger partial charge in [-0.1, -0.05) is 0 Å². The van der Waals surface area contributed by atoms with Crippen LogP contribution in [0.1, 0.15) is 19.8 Å². The van der Waals surface area contributed by atoms with E-state index >= 15 is 0 Å². The molecular formula is C8H11F2NO3. The molecule has 1 fully saturated rings. The molecule has 0 aliphatic heterocycles. The van der Waals surface area contributed by atoms with Gasteiger partial charge in [0.1, 0.15) is 5.54 Å². The van der Waals surface area contributed by atoms with Gasteiger partial charge >= 0.3 is 12.4 Å². The van der Waals surface area contributed by atoms with E-state index in [4.69, 9.17) is 5.11 Å². The normalized spacial score (nSPS) is 20.3. The van der Waals surface area contributed by atoms with Crippen molar-refractivity contribution in [3.05, 3.63) is 0 Å². The van der Waals surface area contributed by atoms with Crippen molar-refractivity contribution in [1.29, 1.82) is 0 Å². The van der Waals surface area contributed by atoms with E-state index in [1.54, 1.807) is 0 Å². The van der Waals surface area contributed by atoms with Crippen LogP contribution in [0.15, 0.2) is 0 Å². The number of carboxylic acids is 1. The van der Waals surface area contributed by atoms with Gasteiger partial charge in [0.15, 0.2) is 0 Å². The number of amides is 1. The first-order valence-corrected chi connectivity index (χ1v) is 4.21. The number of carbonyl (C=O) groups is 2. The lowest BCUT2D eigenvalue weighted by molar-refractivity contribution is -0.150. The highest BCUT2D eigenvalue weighted by molar-refractivity contribution is 5.88. The van der Waals surface area contributed by atoms with Crippen molar-refractivity contribution >= 4 is 11.9 Å². The molecule has 1 unspecified atom stereocenters. The summed E-state index contributed by atoms with van der Waals surface area (Å²) in [5.41, 5.74) is -1.55. The second-order valence-corrected chi connectivity index (χ2v) is 3.57. The van der Waals surface area contributed by atoms with Crippen LogP contribution in [0.5, 0.6) is 0 Å². The Kier molecular flexibility index (Phi) is 2.73. The van der Waals surface area contributed by atoms with Crippen LogP contribution in [0.3, 0.4) is 0 Å². The second-order valence-electron chi connectivity index (χ2n) is 3.57. The molecular weight excluding hydrogens is 196 g/mol. The molecule has 0 bridgehead atoms. The predicted octanol–water partition coefficient (Wildman–Crippen LogP) is 0.621. The monoisotopic (exact) mass is 207 g/mol. The van der Waals surface area contributed by atoms with Crippen molar-refractivity contribution in [3.8, 4) is 0 Å². The van der Waals surface area contributed by atoms with Gasteiger partial charge in [-0.3, -0.25) is 4.79 Å². The maximum absolute atomic E-state index is 11.9. The van der Waals surface area contributed by atoms with Crippen LogP contribution in [-0.2, 0) is 9.59 Å². The second kappa shape index (κ2) is 3.51. The third kappa shape index (κ3) is 2.00. The van der Waals surface area contributed by atoms with Gasteiger partial charge in [-0.2, -0.15) is 8.78 Å². The number of carboxylic acid groups (broad SMARTS) is 1. The number of alkyl halides is 2. The summed E-state index contributed by atoms with van der Waals surface area (Å²) in [5, 5.41) is 10.7. The molecule has 2 N–H and O–H groups in total. The number of nitrogens with one attached hydrogen (secondary N) is 1. The van der Waals surface area contributed by atoms with Crippen molar-refractivity contribution in [2.45, 2.75) is 31.7 Å². The quantitative estimate of drug-likeness (QED) is 0.710. The Morgan fingerprint density at radius 2 is 2.00 bits per heavy atom. The molecule has 80 valence electrons. The fraction of sp³-hybridized carbons (Fsp3) is 0.750. The Hall–Kier alpha value is -1.20. The van der Waals surface area contributed by atoms with E-state index in [-0.39, 0.29) is 5.92 Å². The summed E-state index contributed by atoms with van der Waals surface area (Å²) in [4.78, 5) is 21.5. The Balaban J connectivity index is 2.69. The van der Waals surface area contributed by atoms with Gasteiger partial charge in [0, 0.05) is 0 Å². The molecule has 0 aromatic carbocycles. The zero-order valence-corrected chi connectivity index (χ0v) is 7.59. The minimum atomic E-state index is -3.17. The van der Waals surface area contributed by atoms with Crippen molar-refractivity contribution in [2.75, 3.05) is 0 Å². The molecule has 0 saturated heterocycles. The topological polar surface area (TPSA) is 66.4 Å². The maximum Gasteiger partial charge on any atom is 0.329 e. The zero-order chi connectivity index (χ0) is 10.9. The molecule has 4 nitrogen and oxygen atoms in total. The average Bonchev–Trinajstić information content (AvgIpc) is 2.85. The first kappa shape index (κ1) is 10.9. The highest BCUT2D eigenvalue weighted by Gasteiger charge is 2.49. The first-order valence-electron chi connectivity index (χ1n) is 4.21. The van der Waals surface area contributed by atoms with Crippen molar-refractivity contribution < 1.29 is 23.5 Å². The van der Waals surface area contributed by atoms with Gasteiger partial charge in [-0.15, -0.1) is 0 Å². The standard InChI is InChI=1S/C8H11F2NO3/c1-8(7(13)14,4-2-3-4)11-6(12)5(9)10/h4-5H,2-3H2,1H3,(H,11,12)(H,13,14). The molecule has 1 aliphatic rings. The van der Waals surface area contributed by atoms with Crippen LogP contribution in [-0.4, -0.2) is 28.9 Å². The number of hydrogen-bond acceptors (Lipinski definition) is 2. The minimum Gasteiger partial charge on any atom is -0.480 e. The lowest BCUT2D eigenvalue weighted by Crippen LogP contribution is -2.55. The molecule has 0 heterocycles. The number of rotatable bonds is 4. The van der Waals surface area contributed by atoms with E-state index < -0.39 is 23.8 Å². The fourth-order valence-electron chi connectivity index (χ4n) is 1.30. The number of hydrogen-bond donors (Lipinski definition) is 2. The molecule has 1 aliphatic carbocycles. The van der Waals surface area contributed by atoms with E-state index in [0.717, 1.165) is 0 Å². The minimum absolute atomic E-state index is 0.234. The van der Waals surface area contributed by atoms with Crippen LogP contribution in [0.25, 0.3) is 0 Å². The summed E-state index contributed by atoms with van der Waals surface area (Å²) in [6, 6.07) is 0. The number of carbonyl (C=O) groups excluding carboxylic acids is 1. The summed E-state index contributed by atoms with van der Waals surface area (Å²) >= 11 is 0. The summed E-state index contributed by atoms with van der Waals surface area (Å²) in [6.45, 7) is 1.26. The van der Waals surface area contributed by atoms with E-state index in [2.05, 4.69) is 0 Å². The highest BCUT2D eigenvalue weighted by atomic mass is 19.3. The molecule has 1 amide bonds. The molecule has 0 spiro atoms. The number of halogens is 2. The zero-order valence-electron chi connectivity index (χ0n) is 7.59. The van der Waals surface area contributed by atoms with E-state index in [9.17, 15) is 18.4 Å². The maximum atomic E-state index is 11.9. The van der Waals surface area contributed by atoms with E-state index in [0.29, 0.717) is 12.8 Å². The van der Waals surface area contributed by atoms with Crippen LogP contribution in [0.4, 0.5) is 8.78 Å². The third-order valence-electron chi connectivity index (χ3n) is 2.42. The molecule has 1 rings (SSSR count). The molecule has 14 heavy (non-hydrogen) atoms. The summed E-state index contributed by atoms with van der Waals surface area (Å²) in [5.74, 6) is -3.03. The van der Waals surface area contributed by atoms with Crippen molar-refractivity contribution in [2.24, 2.45) is 5.92 Å². The highest BCUT2D eigenvalue weighted by Crippen LogP contribution is 2.39. The molecule has 0 aromatic rings. The molecule has 1 atom stereocenters. The molecule has 0 aromatic heterocycles. The molecule has 6 heteroatoms. The van der Waals surface area contributed by atoms with Gasteiger partial charge in [0.05, 0.1) is 0 Å². The van der Waals surface area contributed by atoms with Gasteiger partial charge in [0.2, 0.25) is 0 Å². The summed E-state index contributed by atoms with van der Waals surface area (Å²) in [7, 11) is 0. The first-order chi connectivity index (χ1) is 6.38. The summed E-state index contributed by atoms with van der Waals surface area (Å²) in [6.07, 6.45) is -1.88. The molecule has 1 saturated carbocycles. The third-order valence-corrected chi connectivity index (χ3v) is 2.42. The van der Waals surface area contributed by atoms with Gasteiger partial charge < -0.3 is 10.4 Å². The van der Waals surface area contributed by atoms with Gasteiger partial charge in [-0.25, -0.2) is 4.79 Å². The van der Waals surface area contributed by atoms with Gasteiger partial charge in [0.25, 0.3) is 5.91 Å². The SMILES string of the molecule is CC(NC(=O)C(F)F)(C(=O)O)C1CC1. The van der Waals surface area contributed by atoms with E-state index in [1.165, 1.54) is 6.92 Å². The Labute approximate surface area is 79.3 Å². The molecule has 0 radical (unpaired) electrons. The Morgan fingerprint density at radius 1 is 1.50 bits per heavy atom. The number of aliphatic carboxylic acids is 1. The Bertz CT molecular complexity index is 265. The van der Waals surface area contributed by atoms with Crippen LogP contribution in [0.2, 0.25) is 0 Å². The lowest BCUT2D eigenvalue weighted by atomic mass is 9.96. The van der Waals surface area contributed by atoms with Crippen LogP contribution < -0.4 is 5.32 Å². The van der Waals surface area contributed by atoms with Gasteiger partial charge in [-0.05, 0) is 25.7 Å². The Morgan fingerprint density at radius 3 is 2.29 bits per heavy atom. The summed E-state index contributed by atoms with van der Waals surface area (Å²) < 4.78 is 23.8. The van der Waals surface area contributed by atoms with E-state index in [1.807, 2.05) is 5.32 Å². The van der Waals surface area contributed by atoms with Crippen molar-refractivity contribution in [1.82, 2.24) is 5.32 Å². The van der Waals surface area contributed by atoms with Crippen LogP contribution in [0, 0.1) is 5.92 Å². The fourth-order valence-corrected chi connectivity index (χ4v) is 1.30. The van der Waals surface area contributed by atoms with Crippen molar-refractivity contribution in [3.63, 3.8) is 0 Å². The van der Waals surface area contributed by atoms with Crippen LogP contribution >= 0.6 is 0 Å². The average molecular weight is 207 g/mol.